The summed E-state index contributed by atoms with van der Waals surface area (Å²) in [5, 5.41) is 9.15. The highest BCUT2D eigenvalue weighted by molar-refractivity contribution is 7.92. The van der Waals surface area contributed by atoms with E-state index in [2.05, 4.69) is 25.5 Å². The number of hydrogen-bond acceptors (Lipinski definition) is 9. The number of aromatic nitrogens is 8. The van der Waals surface area contributed by atoms with Gasteiger partial charge in [0.25, 0.3) is 17.9 Å². The highest BCUT2D eigenvalue weighted by Gasteiger charge is 2.67. The molecule has 2 aliphatic rings. The van der Waals surface area contributed by atoms with Crippen molar-refractivity contribution in [3.05, 3.63) is 121 Å². The number of alkyl halides is 7. The van der Waals surface area contributed by atoms with Gasteiger partial charge in [0.05, 0.1) is 44.8 Å². The molecule has 9 rings (SSSR count). The summed E-state index contributed by atoms with van der Waals surface area (Å²) >= 11 is 6.53. The fraction of sp³-hybridized carbons (Fsp3) is 0.310. The van der Waals surface area contributed by atoms with E-state index in [1.807, 2.05) is 4.72 Å². The van der Waals surface area contributed by atoms with Crippen LogP contribution in [0.25, 0.3) is 38.9 Å². The van der Waals surface area contributed by atoms with E-state index in [-0.39, 0.29) is 39.3 Å². The molecule has 4 heterocycles. The van der Waals surface area contributed by atoms with Crippen molar-refractivity contribution in [2.45, 2.75) is 70.3 Å². The lowest BCUT2D eigenvalue weighted by atomic mass is 10.0. The third-order valence-corrected chi connectivity index (χ3v) is 12.2. The number of hydrogen-bond donors (Lipinski definition) is 2. The zero-order valence-electron chi connectivity index (χ0n) is 34.7. The molecule has 350 valence electrons. The van der Waals surface area contributed by atoms with Gasteiger partial charge in [0.2, 0.25) is 15.9 Å². The van der Waals surface area contributed by atoms with Gasteiger partial charge in [-0.3, -0.25) is 28.2 Å². The number of rotatable bonds is 12. The maximum absolute atomic E-state index is 15.6. The van der Waals surface area contributed by atoms with Gasteiger partial charge in [-0.05, 0) is 74.2 Å². The highest BCUT2D eigenvalue weighted by Crippen LogP contribution is 2.68. The quantitative estimate of drug-likeness (QED) is 0.115. The number of benzene rings is 3. The summed E-state index contributed by atoms with van der Waals surface area (Å²) in [6, 6.07) is 8.59. The molecule has 25 heteroatoms. The van der Waals surface area contributed by atoms with Crippen molar-refractivity contribution in [2.24, 2.45) is 5.92 Å². The summed E-state index contributed by atoms with van der Waals surface area (Å²) in [7, 11) is -4.24. The Bertz CT molecular complexity index is 3350. The summed E-state index contributed by atoms with van der Waals surface area (Å²) in [5.41, 5.74) is -3.10. The molecule has 4 aromatic heterocycles. The Balaban J connectivity index is 1.30. The van der Waals surface area contributed by atoms with E-state index in [0.29, 0.717) is 38.6 Å². The average molecular weight is 979 g/mol. The molecule has 0 bridgehead atoms. The van der Waals surface area contributed by atoms with Gasteiger partial charge < -0.3 is 5.32 Å². The molecule has 1 unspecified atom stereocenters. The topological polar surface area (TPSA) is 172 Å². The number of sulfonamides is 1. The molecule has 7 aromatic rings. The first-order chi connectivity index (χ1) is 31.4. The third kappa shape index (κ3) is 8.55. The molecule has 1 amide bonds. The van der Waals surface area contributed by atoms with Crippen LogP contribution < -0.4 is 15.6 Å². The SMILES string of the molecule is Cc1cc(C)nc(-c2ccc3c(=O)n(-c4ccc(Cl)c5c(NS(C)(=O)=O)nn(CC(F)(F)F)c45)c([C@H](Cc4cc(F)cc(F)c4)NC(=O)Cn4nc(C(F)F)c5c4C(F)(F)C4C[C@@H]54)nc3c2)n1. The third-order valence-electron chi connectivity index (χ3n) is 11.3. The molecule has 0 radical (unpaired) electrons. The van der Waals surface area contributed by atoms with Crippen LogP contribution in [0.5, 0.6) is 0 Å². The van der Waals surface area contributed by atoms with Crippen LogP contribution in [0.1, 0.15) is 64.5 Å². The first-order valence-electron chi connectivity index (χ1n) is 20.0. The van der Waals surface area contributed by atoms with Crippen molar-refractivity contribution in [3.63, 3.8) is 0 Å². The Morgan fingerprint density at radius 3 is 2.28 bits per heavy atom. The Labute approximate surface area is 376 Å². The van der Waals surface area contributed by atoms with Crippen molar-refractivity contribution < 1.29 is 52.7 Å². The maximum atomic E-state index is 15.6. The Morgan fingerprint density at radius 2 is 1.64 bits per heavy atom. The zero-order valence-corrected chi connectivity index (χ0v) is 36.3. The predicted molar refractivity (Wildman–Crippen MR) is 224 cm³/mol. The van der Waals surface area contributed by atoms with Gasteiger partial charge in [-0.15, -0.1) is 0 Å². The molecule has 2 N–H and O–H groups in total. The monoisotopic (exact) mass is 978 g/mol. The number of anilines is 1. The number of nitrogens with zero attached hydrogens (tertiary/aromatic N) is 8. The summed E-state index contributed by atoms with van der Waals surface area (Å²) in [6.45, 7) is 0.435. The van der Waals surface area contributed by atoms with Gasteiger partial charge in [0, 0.05) is 40.9 Å². The van der Waals surface area contributed by atoms with Crippen LogP contribution in [0.2, 0.25) is 5.02 Å². The molecular weight excluding hydrogens is 947 g/mol. The number of nitrogens with one attached hydrogen (secondary N) is 2. The lowest BCUT2D eigenvalue weighted by Crippen LogP contribution is -2.38. The van der Waals surface area contributed by atoms with Gasteiger partial charge >= 0.3 is 6.18 Å². The van der Waals surface area contributed by atoms with E-state index in [4.69, 9.17) is 16.6 Å². The van der Waals surface area contributed by atoms with Crippen LogP contribution in [0.3, 0.4) is 0 Å². The average Bonchev–Trinajstić information content (AvgIpc) is 3.73. The lowest BCUT2D eigenvalue weighted by Gasteiger charge is -2.24. The molecule has 1 saturated carbocycles. The van der Waals surface area contributed by atoms with Crippen LogP contribution in [-0.2, 0) is 40.3 Å². The molecule has 2 aliphatic carbocycles. The largest absolute Gasteiger partial charge is 0.408 e. The van der Waals surface area contributed by atoms with Crippen molar-refractivity contribution >= 4 is 55.2 Å². The normalized spacial score (nSPS) is 17.0. The van der Waals surface area contributed by atoms with Crippen molar-refractivity contribution in [3.8, 4) is 17.1 Å². The molecule has 0 spiro atoms. The molecule has 3 atom stereocenters. The molecular formula is C42H32ClF9N10O4S. The second-order valence-electron chi connectivity index (χ2n) is 16.4. The first-order valence-corrected chi connectivity index (χ1v) is 22.3. The Kier molecular flexibility index (Phi) is 10.9. The molecule has 67 heavy (non-hydrogen) atoms. The van der Waals surface area contributed by atoms with Crippen molar-refractivity contribution in [1.29, 1.82) is 0 Å². The van der Waals surface area contributed by atoms with E-state index in [1.54, 1.807) is 19.9 Å². The minimum absolute atomic E-state index is 0.0714. The smallest absolute Gasteiger partial charge is 0.344 e. The highest BCUT2D eigenvalue weighted by atomic mass is 35.5. The number of carbonyl (C=O) groups is 1. The molecule has 14 nitrogen and oxygen atoms in total. The standard InChI is InChI=1S/C42H32ClF9N10O4S/c1-17-8-18(2)54-37(53-17)20-4-5-23-27(12-20)56-39(62(40(23)64)29-7-6-26(43)32-34(29)61(16-41(48,49)50)58-38(32)59-67(3,65)66)28(11-19-9-21(44)13-22(45)10-19)55-30(63)15-60-35-31(33(57-60)36(46)47)24-14-25(24)42(35,51)52/h4-10,12-13,24-25,28,36H,11,14-16H2,1-3H3,(H,55,63)(H,58,59)/t24-,25?,28+/m1/s1. The van der Waals surface area contributed by atoms with Gasteiger partial charge in [0.1, 0.15) is 41.9 Å². The van der Waals surface area contributed by atoms with Crippen LogP contribution >= 0.6 is 11.6 Å². The molecule has 0 saturated heterocycles. The van der Waals surface area contributed by atoms with Crippen LogP contribution in [-0.4, -0.2) is 65.8 Å². The van der Waals surface area contributed by atoms with Gasteiger partial charge in [-0.1, -0.05) is 17.7 Å². The second-order valence-corrected chi connectivity index (χ2v) is 18.5. The number of amides is 1. The predicted octanol–water partition coefficient (Wildman–Crippen LogP) is 8.12. The Hall–Kier alpha value is -6.56. The van der Waals surface area contributed by atoms with Crippen LogP contribution in [0.15, 0.2) is 59.4 Å². The van der Waals surface area contributed by atoms with E-state index in [0.717, 1.165) is 28.8 Å². The van der Waals surface area contributed by atoms with E-state index in [1.165, 1.54) is 18.2 Å². The minimum Gasteiger partial charge on any atom is -0.344 e. The van der Waals surface area contributed by atoms with Gasteiger partial charge in [-0.25, -0.2) is 40.9 Å². The summed E-state index contributed by atoms with van der Waals surface area (Å²) in [5.74, 6) is -10.2. The lowest BCUT2D eigenvalue weighted by molar-refractivity contribution is -0.141. The van der Waals surface area contributed by atoms with Crippen LogP contribution in [0, 0.1) is 31.4 Å². The fourth-order valence-corrected chi connectivity index (χ4v) is 9.50. The van der Waals surface area contributed by atoms with Gasteiger partial charge in [0.15, 0.2) is 11.6 Å². The summed E-state index contributed by atoms with van der Waals surface area (Å²) in [6.07, 6.45) is -8.33. The maximum Gasteiger partial charge on any atom is 0.408 e. The van der Waals surface area contributed by atoms with Crippen LogP contribution in [0.4, 0.5) is 45.3 Å². The zero-order chi connectivity index (χ0) is 48.2. The number of aryl methyl sites for hydroxylation is 2. The Morgan fingerprint density at radius 1 is 0.955 bits per heavy atom. The molecule has 0 aliphatic heterocycles. The first kappa shape index (κ1) is 45.6. The molecule has 1 fully saturated rings. The van der Waals surface area contributed by atoms with Crippen molar-refractivity contribution in [2.75, 3.05) is 11.0 Å². The number of fused-ring (bicyclic) bond motifs is 5. The van der Waals surface area contributed by atoms with E-state index >= 15 is 13.6 Å². The second kappa shape index (κ2) is 16.1. The van der Waals surface area contributed by atoms with Gasteiger partial charge in [-0.2, -0.15) is 32.1 Å². The summed E-state index contributed by atoms with van der Waals surface area (Å²) in [4.78, 5) is 42.9. The fourth-order valence-electron chi connectivity index (χ4n) is 8.76. The molecule has 3 aromatic carbocycles. The number of carbonyl (C=O) groups excluding carboxylic acids is 1. The summed E-state index contributed by atoms with van der Waals surface area (Å²) < 4.78 is 160. The minimum atomic E-state index is -5.02. The van der Waals surface area contributed by atoms with Crippen molar-refractivity contribution in [1.82, 2.24) is 44.4 Å². The number of halogens is 10. The van der Waals surface area contributed by atoms with E-state index in [9.17, 15) is 43.9 Å². The van der Waals surface area contributed by atoms with E-state index < -0.39 is 129 Å².